The molecule has 7 heteroatoms. The highest BCUT2D eigenvalue weighted by Gasteiger charge is 2.43. The molecule has 0 aromatic heterocycles. The highest BCUT2D eigenvalue weighted by molar-refractivity contribution is 6.56. The molecule has 0 aliphatic heterocycles. The normalized spacial score (nSPS) is 15.3. The fourth-order valence-electron chi connectivity index (χ4n) is 1.65. The number of carbonyl (C=O) groups excluding carboxylic acids is 3. The van der Waals surface area contributed by atoms with Crippen LogP contribution in [0.2, 0.25) is 20.1 Å². The first kappa shape index (κ1) is 12.8. The maximum atomic E-state index is 11.8. The van der Waals surface area contributed by atoms with Crippen molar-refractivity contribution in [1.82, 2.24) is 0 Å². The van der Waals surface area contributed by atoms with Crippen molar-refractivity contribution < 1.29 is 14.4 Å². The summed E-state index contributed by atoms with van der Waals surface area (Å²) >= 11 is 23.2. The highest BCUT2D eigenvalue weighted by Crippen LogP contribution is 2.45. The van der Waals surface area contributed by atoms with Gasteiger partial charge in [0.05, 0.1) is 31.2 Å². The van der Waals surface area contributed by atoms with E-state index in [0.29, 0.717) is 0 Å². The molecule has 0 bridgehead atoms. The highest BCUT2D eigenvalue weighted by atomic mass is 35.5. The summed E-state index contributed by atoms with van der Waals surface area (Å²) < 4.78 is 0. The largest absolute Gasteiger partial charge is 0.302 e. The molecule has 3 nitrogen and oxygen atoms in total. The standard InChI is InChI=1S/C10H2Cl4O3/c11-5-3-4(6(12)8(14)7(5)13)10(17)2(1-15)9(3)16/h1-2H. The molecule has 0 spiro atoms. The molecular formula is C10H2Cl4O3. The minimum atomic E-state index is -1.41. The molecule has 1 aliphatic rings. The van der Waals surface area contributed by atoms with Crippen LogP contribution in [-0.4, -0.2) is 17.9 Å². The number of halogens is 4. The molecule has 0 atom stereocenters. The first-order valence-electron chi connectivity index (χ1n) is 4.31. The van der Waals surface area contributed by atoms with Crippen LogP contribution in [0.1, 0.15) is 20.7 Å². The van der Waals surface area contributed by atoms with Crippen molar-refractivity contribution in [3.8, 4) is 0 Å². The molecule has 0 heterocycles. The minimum Gasteiger partial charge on any atom is -0.302 e. The summed E-state index contributed by atoms with van der Waals surface area (Å²) in [6.07, 6.45) is 0.249. The summed E-state index contributed by atoms with van der Waals surface area (Å²) in [7, 11) is 0. The summed E-state index contributed by atoms with van der Waals surface area (Å²) in [5.41, 5.74) is -0.263. The minimum absolute atomic E-state index is 0.107. The van der Waals surface area contributed by atoms with Gasteiger partial charge in [0.15, 0.2) is 11.6 Å². The fourth-order valence-corrected chi connectivity index (χ4v) is 2.69. The number of aldehydes is 1. The summed E-state index contributed by atoms with van der Waals surface area (Å²) in [5, 5.41) is -0.521. The Hall–Kier alpha value is -0.610. The van der Waals surface area contributed by atoms with Crippen LogP contribution in [0.3, 0.4) is 0 Å². The second-order valence-corrected chi connectivity index (χ2v) is 4.86. The fraction of sp³-hybridized carbons (Fsp3) is 0.100. The summed E-state index contributed by atoms with van der Waals surface area (Å²) in [4.78, 5) is 34.3. The molecule has 88 valence electrons. The molecule has 0 saturated heterocycles. The molecule has 0 amide bonds. The van der Waals surface area contributed by atoms with E-state index in [1.807, 2.05) is 0 Å². The third-order valence-corrected chi connectivity index (χ3v) is 4.26. The summed E-state index contributed by atoms with van der Waals surface area (Å²) in [6, 6.07) is 0. The van der Waals surface area contributed by atoms with Gasteiger partial charge >= 0.3 is 0 Å². The topological polar surface area (TPSA) is 51.2 Å². The van der Waals surface area contributed by atoms with Crippen LogP contribution < -0.4 is 0 Å². The molecule has 0 fully saturated rings. The van der Waals surface area contributed by atoms with Crippen LogP contribution in [-0.2, 0) is 4.79 Å². The van der Waals surface area contributed by atoms with E-state index < -0.39 is 17.5 Å². The summed E-state index contributed by atoms with van der Waals surface area (Å²) in [5.74, 6) is -2.81. The van der Waals surface area contributed by atoms with E-state index in [1.165, 1.54) is 0 Å². The Labute approximate surface area is 116 Å². The number of benzene rings is 1. The molecule has 17 heavy (non-hydrogen) atoms. The second-order valence-electron chi connectivity index (χ2n) is 3.35. The molecular weight excluding hydrogens is 310 g/mol. The van der Waals surface area contributed by atoms with Crippen molar-refractivity contribution >= 4 is 64.3 Å². The van der Waals surface area contributed by atoms with Gasteiger partial charge in [-0.2, -0.15) is 0 Å². The quantitative estimate of drug-likeness (QED) is 0.345. The Bertz CT molecular complexity index is 533. The van der Waals surface area contributed by atoms with Crippen molar-refractivity contribution in [2.24, 2.45) is 5.92 Å². The zero-order valence-electron chi connectivity index (χ0n) is 7.89. The van der Waals surface area contributed by atoms with Crippen molar-refractivity contribution in [2.45, 2.75) is 0 Å². The van der Waals surface area contributed by atoms with Crippen LogP contribution in [0.25, 0.3) is 0 Å². The van der Waals surface area contributed by atoms with Gasteiger partial charge in [0.25, 0.3) is 0 Å². The molecule has 0 saturated carbocycles. The number of fused-ring (bicyclic) bond motifs is 1. The third kappa shape index (κ3) is 1.61. The van der Waals surface area contributed by atoms with Crippen molar-refractivity contribution in [2.75, 3.05) is 0 Å². The maximum absolute atomic E-state index is 11.8. The molecule has 1 aliphatic carbocycles. The van der Waals surface area contributed by atoms with Gasteiger partial charge in [-0.25, -0.2) is 0 Å². The summed E-state index contributed by atoms with van der Waals surface area (Å²) in [6.45, 7) is 0. The van der Waals surface area contributed by atoms with Gasteiger partial charge in [0.2, 0.25) is 0 Å². The smallest absolute Gasteiger partial charge is 0.183 e. The van der Waals surface area contributed by atoms with Gasteiger partial charge in [0.1, 0.15) is 12.2 Å². The molecule has 2 rings (SSSR count). The van der Waals surface area contributed by atoms with E-state index in [0.717, 1.165) is 0 Å². The molecule has 1 aromatic carbocycles. The average molecular weight is 312 g/mol. The first-order chi connectivity index (χ1) is 7.91. The predicted molar refractivity (Wildman–Crippen MR) is 64.7 cm³/mol. The van der Waals surface area contributed by atoms with E-state index in [1.54, 1.807) is 0 Å². The van der Waals surface area contributed by atoms with Crippen LogP contribution in [0.15, 0.2) is 0 Å². The molecule has 0 unspecified atom stereocenters. The SMILES string of the molecule is O=CC1C(=O)c2c(Cl)c(Cl)c(Cl)c(Cl)c2C1=O. The van der Waals surface area contributed by atoms with Gasteiger partial charge in [-0.1, -0.05) is 46.4 Å². The Morgan fingerprint density at radius 2 is 1.12 bits per heavy atom. The molecule has 0 N–H and O–H groups in total. The lowest BCUT2D eigenvalue weighted by Crippen LogP contribution is -2.16. The monoisotopic (exact) mass is 310 g/mol. The zero-order valence-corrected chi connectivity index (χ0v) is 10.9. The Kier molecular flexibility index (Phi) is 3.21. The van der Waals surface area contributed by atoms with Gasteiger partial charge in [-0.05, 0) is 0 Å². The number of Topliss-reactive ketones (excluding diaryl/α,β-unsaturated/α-hetero) is 2. The van der Waals surface area contributed by atoms with Crippen LogP contribution in [0.5, 0.6) is 0 Å². The molecule has 1 aromatic rings. The number of hydrogen-bond donors (Lipinski definition) is 0. The van der Waals surface area contributed by atoms with Gasteiger partial charge in [0, 0.05) is 0 Å². The van der Waals surface area contributed by atoms with Gasteiger partial charge in [-0.3, -0.25) is 9.59 Å². The number of rotatable bonds is 1. The van der Waals surface area contributed by atoms with E-state index in [4.69, 9.17) is 46.4 Å². The number of ketones is 2. The van der Waals surface area contributed by atoms with Gasteiger partial charge in [-0.15, -0.1) is 0 Å². The second kappa shape index (κ2) is 4.25. The van der Waals surface area contributed by atoms with Crippen molar-refractivity contribution in [3.05, 3.63) is 31.2 Å². The van der Waals surface area contributed by atoms with E-state index in [2.05, 4.69) is 0 Å². The number of hydrogen-bond acceptors (Lipinski definition) is 3. The Balaban J connectivity index is 2.88. The zero-order chi connectivity index (χ0) is 12.9. The lowest BCUT2D eigenvalue weighted by atomic mass is 10.1. The van der Waals surface area contributed by atoms with E-state index in [-0.39, 0.29) is 37.5 Å². The average Bonchev–Trinajstić information content (AvgIpc) is 2.55. The van der Waals surface area contributed by atoms with E-state index >= 15 is 0 Å². The lowest BCUT2D eigenvalue weighted by Gasteiger charge is -2.07. The predicted octanol–water partition coefficient (Wildman–Crippen LogP) is 3.49. The van der Waals surface area contributed by atoms with Crippen molar-refractivity contribution in [1.29, 1.82) is 0 Å². The maximum Gasteiger partial charge on any atom is 0.183 e. The first-order valence-corrected chi connectivity index (χ1v) is 5.82. The van der Waals surface area contributed by atoms with Crippen LogP contribution in [0, 0.1) is 5.92 Å². The molecule has 0 radical (unpaired) electrons. The third-order valence-electron chi connectivity index (χ3n) is 2.46. The lowest BCUT2D eigenvalue weighted by molar-refractivity contribution is -0.108. The van der Waals surface area contributed by atoms with Crippen molar-refractivity contribution in [3.63, 3.8) is 0 Å². The van der Waals surface area contributed by atoms with Gasteiger partial charge < -0.3 is 4.79 Å². The van der Waals surface area contributed by atoms with E-state index in [9.17, 15) is 14.4 Å². The van der Waals surface area contributed by atoms with Crippen LogP contribution in [0.4, 0.5) is 0 Å². The Morgan fingerprint density at radius 3 is 1.41 bits per heavy atom. The van der Waals surface area contributed by atoms with Crippen LogP contribution >= 0.6 is 46.4 Å². The Morgan fingerprint density at radius 1 is 0.765 bits per heavy atom. The number of carbonyl (C=O) groups is 3.